The fourth-order valence-electron chi connectivity index (χ4n) is 1.71. The molecule has 106 valence electrons. The molecule has 20 heavy (non-hydrogen) atoms. The molecule has 0 fully saturated rings. The first-order valence-electron chi connectivity index (χ1n) is 6.49. The van der Waals surface area contributed by atoms with E-state index in [1.165, 1.54) is 0 Å². The van der Waals surface area contributed by atoms with Crippen molar-refractivity contribution < 1.29 is 4.79 Å². The first-order valence-corrected chi connectivity index (χ1v) is 6.49. The van der Waals surface area contributed by atoms with Crippen LogP contribution in [0.2, 0.25) is 0 Å². The van der Waals surface area contributed by atoms with E-state index < -0.39 is 0 Å². The second-order valence-corrected chi connectivity index (χ2v) is 4.48. The summed E-state index contributed by atoms with van der Waals surface area (Å²) in [5.74, 6) is 0.991. The van der Waals surface area contributed by atoms with Gasteiger partial charge in [-0.3, -0.25) is 9.48 Å². The summed E-state index contributed by atoms with van der Waals surface area (Å²) in [6.45, 7) is 4.76. The van der Waals surface area contributed by atoms with Gasteiger partial charge in [0.05, 0.1) is 5.69 Å². The molecule has 2 aromatic heterocycles. The van der Waals surface area contributed by atoms with Crippen molar-refractivity contribution in [3.63, 3.8) is 0 Å². The lowest BCUT2D eigenvalue weighted by atomic mass is 10.3. The fourth-order valence-corrected chi connectivity index (χ4v) is 1.71. The Labute approximate surface area is 117 Å². The molecule has 0 saturated heterocycles. The summed E-state index contributed by atoms with van der Waals surface area (Å²) in [5, 5.41) is 17.9. The highest BCUT2D eigenvalue weighted by Gasteiger charge is 2.11. The maximum Gasteiger partial charge on any atom is 0.277 e. The Bertz CT molecular complexity index is 589. The lowest BCUT2D eigenvalue weighted by molar-refractivity contribution is 0.102. The number of amides is 1. The van der Waals surface area contributed by atoms with Crippen molar-refractivity contribution in [3.8, 4) is 0 Å². The molecule has 0 aliphatic heterocycles. The summed E-state index contributed by atoms with van der Waals surface area (Å²) in [5.41, 5.74) is 1.11. The summed E-state index contributed by atoms with van der Waals surface area (Å²) < 4.78 is 1.61. The number of anilines is 2. The predicted octanol–water partition coefficient (Wildman–Crippen LogP) is 1.59. The average Bonchev–Trinajstić information content (AvgIpc) is 2.75. The van der Waals surface area contributed by atoms with Crippen LogP contribution in [-0.2, 0) is 7.05 Å². The SMILES string of the molecule is CCCNc1ccc(C(=O)Nc2cc(C)nn2C)nn1. The van der Waals surface area contributed by atoms with E-state index in [2.05, 4.69) is 32.9 Å². The van der Waals surface area contributed by atoms with E-state index >= 15 is 0 Å². The molecule has 0 aliphatic carbocycles. The van der Waals surface area contributed by atoms with Crippen LogP contribution in [0.5, 0.6) is 0 Å². The maximum atomic E-state index is 12.0. The summed E-state index contributed by atoms with van der Waals surface area (Å²) in [4.78, 5) is 12.0. The van der Waals surface area contributed by atoms with E-state index in [4.69, 9.17) is 0 Å². The minimum absolute atomic E-state index is 0.269. The van der Waals surface area contributed by atoms with Gasteiger partial charge < -0.3 is 10.6 Å². The molecule has 0 unspecified atom stereocenters. The highest BCUT2D eigenvalue weighted by Crippen LogP contribution is 2.10. The highest BCUT2D eigenvalue weighted by atomic mass is 16.2. The number of aromatic nitrogens is 4. The van der Waals surface area contributed by atoms with Crippen molar-refractivity contribution in [1.82, 2.24) is 20.0 Å². The van der Waals surface area contributed by atoms with Gasteiger partial charge in [-0.15, -0.1) is 10.2 Å². The van der Waals surface area contributed by atoms with Crippen molar-refractivity contribution in [2.45, 2.75) is 20.3 Å². The molecule has 0 radical (unpaired) electrons. The third-order valence-corrected chi connectivity index (χ3v) is 2.70. The second kappa shape index (κ2) is 6.14. The van der Waals surface area contributed by atoms with Gasteiger partial charge in [0, 0.05) is 19.7 Å². The maximum absolute atomic E-state index is 12.0. The number of nitrogens with one attached hydrogen (secondary N) is 2. The molecule has 0 saturated carbocycles. The van der Waals surface area contributed by atoms with E-state index in [1.54, 1.807) is 29.9 Å². The molecule has 0 spiro atoms. The largest absolute Gasteiger partial charge is 0.369 e. The Morgan fingerprint density at radius 2 is 2.15 bits per heavy atom. The van der Waals surface area contributed by atoms with E-state index in [9.17, 15) is 4.79 Å². The van der Waals surface area contributed by atoms with E-state index in [-0.39, 0.29) is 11.6 Å². The standard InChI is InChI=1S/C13H18N6O/c1-4-7-14-11-6-5-10(16-17-11)13(20)15-12-8-9(2)18-19(12)3/h5-6,8H,4,7H2,1-3H3,(H,14,17)(H,15,20). The molecular formula is C13H18N6O. The monoisotopic (exact) mass is 274 g/mol. The van der Waals surface area contributed by atoms with Gasteiger partial charge in [0.2, 0.25) is 0 Å². The molecule has 2 N–H and O–H groups in total. The van der Waals surface area contributed by atoms with Gasteiger partial charge in [-0.1, -0.05) is 6.92 Å². The van der Waals surface area contributed by atoms with Gasteiger partial charge in [-0.05, 0) is 25.5 Å². The molecule has 2 heterocycles. The Morgan fingerprint density at radius 3 is 2.70 bits per heavy atom. The summed E-state index contributed by atoms with van der Waals surface area (Å²) in [6, 6.07) is 5.18. The normalized spacial score (nSPS) is 10.3. The van der Waals surface area contributed by atoms with Gasteiger partial charge in [0.15, 0.2) is 5.69 Å². The molecule has 7 nitrogen and oxygen atoms in total. The van der Waals surface area contributed by atoms with Gasteiger partial charge in [0.1, 0.15) is 11.6 Å². The minimum Gasteiger partial charge on any atom is -0.369 e. The Balaban J connectivity index is 2.04. The third-order valence-electron chi connectivity index (χ3n) is 2.70. The highest BCUT2D eigenvalue weighted by molar-refractivity contribution is 6.02. The average molecular weight is 274 g/mol. The molecule has 2 rings (SSSR count). The second-order valence-electron chi connectivity index (χ2n) is 4.48. The van der Waals surface area contributed by atoms with Gasteiger partial charge in [0.25, 0.3) is 5.91 Å². The number of hydrogen-bond donors (Lipinski definition) is 2. The van der Waals surface area contributed by atoms with Crippen LogP contribution in [0.3, 0.4) is 0 Å². The number of carbonyl (C=O) groups excluding carboxylic acids is 1. The predicted molar refractivity (Wildman–Crippen MR) is 76.7 cm³/mol. The Kier molecular flexibility index (Phi) is 4.29. The fraction of sp³-hybridized carbons (Fsp3) is 0.385. The molecule has 0 bridgehead atoms. The molecule has 0 aromatic carbocycles. The molecule has 0 aliphatic rings. The minimum atomic E-state index is -0.303. The molecular weight excluding hydrogens is 256 g/mol. The van der Waals surface area contributed by atoms with Crippen LogP contribution in [0.4, 0.5) is 11.6 Å². The van der Waals surface area contributed by atoms with Gasteiger partial charge in [-0.2, -0.15) is 5.10 Å². The number of rotatable bonds is 5. The molecule has 1 amide bonds. The van der Waals surface area contributed by atoms with Crippen LogP contribution in [0.25, 0.3) is 0 Å². The number of aryl methyl sites for hydroxylation is 2. The van der Waals surface area contributed by atoms with Crippen LogP contribution >= 0.6 is 0 Å². The Hall–Kier alpha value is -2.44. The van der Waals surface area contributed by atoms with E-state index in [0.29, 0.717) is 11.6 Å². The zero-order chi connectivity index (χ0) is 14.5. The number of carbonyl (C=O) groups is 1. The quantitative estimate of drug-likeness (QED) is 0.865. The number of nitrogens with zero attached hydrogens (tertiary/aromatic N) is 4. The van der Waals surface area contributed by atoms with Gasteiger partial charge in [-0.25, -0.2) is 0 Å². The van der Waals surface area contributed by atoms with Crippen LogP contribution in [0.1, 0.15) is 29.5 Å². The zero-order valence-electron chi connectivity index (χ0n) is 11.8. The van der Waals surface area contributed by atoms with Crippen molar-refractivity contribution >= 4 is 17.5 Å². The van der Waals surface area contributed by atoms with Crippen molar-refractivity contribution in [2.24, 2.45) is 7.05 Å². The van der Waals surface area contributed by atoms with Crippen LogP contribution in [-0.4, -0.2) is 32.4 Å². The molecule has 2 aromatic rings. The Morgan fingerprint density at radius 1 is 1.35 bits per heavy atom. The van der Waals surface area contributed by atoms with Crippen LogP contribution in [0.15, 0.2) is 18.2 Å². The van der Waals surface area contributed by atoms with E-state index in [0.717, 1.165) is 18.7 Å². The van der Waals surface area contributed by atoms with Gasteiger partial charge >= 0.3 is 0 Å². The summed E-state index contributed by atoms with van der Waals surface area (Å²) in [7, 11) is 1.77. The number of hydrogen-bond acceptors (Lipinski definition) is 5. The van der Waals surface area contributed by atoms with Crippen LogP contribution in [0, 0.1) is 6.92 Å². The first-order chi connectivity index (χ1) is 9.60. The first kappa shape index (κ1) is 14.0. The zero-order valence-corrected chi connectivity index (χ0v) is 11.8. The lowest BCUT2D eigenvalue weighted by Crippen LogP contribution is -2.17. The van der Waals surface area contributed by atoms with Crippen molar-refractivity contribution in [2.75, 3.05) is 17.2 Å². The summed E-state index contributed by atoms with van der Waals surface area (Å²) in [6.07, 6.45) is 1.00. The van der Waals surface area contributed by atoms with E-state index in [1.807, 2.05) is 6.92 Å². The topological polar surface area (TPSA) is 84.7 Å². The van der Waals surface area contributed by atoms with Crippen molar-refractivity contribution in [1.29, 1.82) is 0 Å². The lowest BCUT2D eigenvalue weighted by Gasteiger charge is -2.05. The van der Waals surface area contributed by atoms with Crippen LogP contribution < -0.4 is 10.6 Å². The third kappa shape index (κ3) is 3.31. The molecule has 7 heteroatoms. The van der Waals surface area contributed by atoms with Crippen molar-refractivity contribution in [3.05, 3.63) is 29.6 Å². The smallest absolute Gasteiger partial charge is 0.277 e. The summed E-state index contributed by atoms with van der Waals surface area (Å²) >= 11 is 0. The molecule has 0 atom stereocenters.